The van der Waals surface area contributed by atoms with Crippen molar-refractivity contribution in [3.63, 3.8) is 0 Å². The Morgan fingerprint density at radius 3 is 2.38 bits per heavy atom. The lowest BCUT2D eigenvalue weighted by atomic mass is 10.0. The molecule has 2 aromatic rings. The minimum absolute atomic E-state index is 0.744. The summed E-state index contributed by atoms with van der Waals surface area (Å²) in [5.41, 5.74) is 1.69. The Balaban J connectivity index is 1.65. The van der Waals surface area contributed by atoms with Gasteiger partial charge in [0, 0.05) is 11.0 Å². The van der Waals surface area contributed by atoms with Crippen LogP contribution in [0.2, 0.25) is 0 Å². The summed E-state index contributed by atoms with van der Waals surface area (Å²) in [5.74, 6) is 2.83. The highest BCUT2D eigenvalue weighted by molar-refractivity contribution is 8.06. The highest BCUT2D eigenvalue weighted by atomic mass is 32.2. The number of hydrogen-bond acceptors (Lipinski definition) is 4. The molecule has 21 heavy (non-hydrogen) atoms. The Kier molecular flexibility index (Phi) is 4.46. The van der Waals surface area contributed by atoms with Crippen LogP contribution in [-0.4, -0.2) is 21.9 Å². The molecule has 4 heteroatoms. The van der Waals surface area contributed by atoms with E-state index in [1.54, 1.807) is 0 Å². The first kappa shape index (κ1) is 14.0. The molecule has 0 aromatic heterocycles. The Morgan fingerprint density at radius 1 is 1.10 bits per heavy atom. The molecule has 1 aliphatic rings. The van der Waals surface area contributed by atoms with E-state index >= 15 is 0 Å². The SMILES string of the molecule is O/N=C(\CCC1CS1)c1ccc(Oc2ccccc2)cc1. The molecule has 0 radical (unpaired) electrons. The zero-order chi connectivity index (χ0) is 14.5. The fourth-order valence-corrected chi connectivity index (χ4v) is 2.71. The van der Waals surface area contributed by atoms with Crippen LogP contribution in [0.3, 0.4) is 0 Å². The molecule has 0 bridgehead atoms. The molecule has 108 valence electrons. The summed E-state index contributed by atoms with van der Waals surface area (Å²) in [5, 5.41) is 13.4. The Bertz CT molecular complexity index is 606. The average molecular weight is 299 g/mol. The molecule has 3 rings (SSSR count). The Labute approximate surface area is 128 Å². The third-order valence-electron chi connectivity index (χ3n) is 3.39. The minimum atomic E-state index is 0.744. The Hall–Kier alpha value is -1.94. The van der Waals surface area contributed by atoms with Gasteiger partial charge in [-0.1, -0.05) is 23.4 Å². The lowest BCUT2D eigenvalue weighted by Gasteiger charge is -2.07. The van der Waals surface area contributed by atoms with Crippen LogP contribution in [0.5, 0.6) is 11.5 Å². The number of thioether (sulfide) groups is 1. The number of ether oxygens (including phenoxy) is 1. The zero-order valence-electron chi connectivity index (χ0n) is 11.6. The molecule has 1 atom stereocenters. The average Bonchev–Trinajstić information content (AvgIpc) is 3.35. The molecule has 1 heterocycles. The summed E-state index contributed by atoms with van der Waals surface area (Å²) in [6.07, 6.45) is 1.89. The van der Waals surface area contributed by atoms with Gasteiger partial charge in [0.15, 0.2) is 0 Å². The van der Waals surface area contributed by atoms with E-state index in [1.165, 1.54) is 5.75 Å². The fraction of sp³-hybridized carbons (Fsp3) is 0.235. The second kappa shape index (κ2) is 6.68. The van der Waals surface area contributed by atoms with Gasteiger partial charge in [-0.3, -0.25) is 0 Å². The van der Waals surface area contributed by atoms with Gasteiger partial charge in [-0.25, -0.2) is 0 Å². The number of nitrogens with zero attached hydrogens (tertiary/aromatic N) is 1. The molecule has 3 nitrogen and oxygen atoms in total. The zero-order valence-corrected chi connectivity index (χ0v) is 12.4. The fourth-order valence-electron chi connectivity index (χ4n) is 2.12. The highest BCUT2D eigenvalue weighted by Crippen LogP contribution is 2.34. The molecule has 0 saturated carbocycles. The lowest BCUT2D eigenvalue weighted by Crippen LogP contribution is -2.02. The van der Waals surface area contributed by atoms with Crippen LogP contribution >= 0.6 is 11.8 Å². The summed E-state index contributed by atoms with van der Waals surface area (Å²) >= 11 is 1.96. The van der Waals surface area contributed by atoms with Gasteiger partial charge >= 0.3 is 0 Å². The van der Waals surface area contributed by atoms with Crippen LogP contribution < -0.4 is 4.74 Å². The first-order valence-corrected chi connectivity index (χ1v) is 8.06. The van der Waals surface area contributed by atoms with Crippen LogP contribution in [0.1, 0.15) is 18.4 Å². The van der Waals surface area contributed by atoms with E-state index in [0.29, 0.717) is 0 Å². The largest absolute Gasteiger partial charge is 0.457 e. The molecule has 1 N–H and O–H groups in total. The number of hydrogen-bond donors (Lipinski definition) is 1. The smallest absolute Gasteiger partial charge is 0.127 e. The molecule has 1 aliphatic heterocycles. The van der Waals surface area contributed by atoms with Crippen molar-refractivity contribution in [2.45, 2.75) is 18.1 Å². The van der Waals surface area contributed by atoms with Crippen LogP contribution in [-0.2, 0) is 0 Å². The van der Waals surface area contributed by atoms with E-state index in [1.807, 2.05) is 66.4 Å². The number of para-hydroxylation sites is 1. The van der Waals surface area contributed by atoms with Crippen molar-refractivity contribution >= 4 is 17.5 Å². The van der Waals surface area contributed by atoms with Crippen molar-refractivity contribution in [1.29, 1.82) is 0 Å². The molecule has 1 saturated heterocycles. The molecule has 0 spiro atoms. The van der Waals surface area contributed by atoms with Gasteiger partial charge in [0.2, 0.25) is 0 Å². The molecular formula is C17H17NO2S. The van der Waals surface area contributed by atoms with Crippen LogP contribution in [0.15, 0.2) is 59.8 Å². The van der Waals surface area contributed by atoms with Crippen molar-refractivity contribution in [2.75, 3.05) is 5.75 Å². The van der Waals surface area contributed by atoms with E-state index in [9.17, 15) is 0 Å². The molecule has 2 aromatic carbocycles. The van der Waals surface area contributed by atoms with Crippen molar-refractivity contribution in [3.8, 4) is 11.5 Å². The van der Waals surface area contributed by atoms with E-state index in [-0.39, 0.29) is 0 Å². The van der Waals surface area contributed by atoms with Crippen molar-refractivity contribution < 1.29 is 9.94 Å². The van der Waals surface area contributed by atoms with E-state index in [2.05, 4.69) is 5.16 Å². The summed E-state index contributed by atoms with van der Waals surface area (Å²) in [6.45, 7) is 0. The molecule has 1 unspecified atom stereocenters. The first-order chi connectivity index (χ1) is 10.3. The third-order valence-corrected chi connectivity index (χ3v) is 4.43. The summed E-state index contributed by atoms with van der Waals surface area (Å²) in [6, 6.07) is 17.4. The highest BCUT2D eigenvalue weighted by Gasteiger charge is 2.22. The predicted octanol–water partition coefficient (Wildman–Crippen LogP) is 4.55. The van der Waals surface area contributed by atoms with Crippen molar-refractivity contribution in [2.24, 2.45) is 5.16 Å². The van der Waals surface area contributed by atoms with Crippen LogP contribution in [0, 0.1) is 0 Å². The van der Waals surface area contributed by atoms with Gasteiger partial charge in [-0.2, -0.15) is 11.8 Å². The molecule has 1 fully saturated rings. The predicted molar refractivity (Wildman–Crippen MR) is 86.8 cm³/mol. The first-order valence-electron chi connectivity index (χ1n) is 7.01. The number of oxime groups is 1. The molecule has 0 aliphatic carbocycles. The third kappa shape index (κ3) is 4.02. The van der Waals surface area contributed by atoms with Gasteiger partial charge in [0.05, 0.1) is 5.71 Å². The van der Waals surface area contributed by atoms with Gasteiger partial charge in [-0.15, -0.1) is 0 Å². The minimum Gasteiger partial charge on any atom is -0.457 e. The topological polar surface area (TPSA) is 41.8 Å². The maximum atomic E-state index is 9.17. The van der Waals surface area contributed by atoms with Crippen LogP contribution in [0.4, 0.5) is 0 Å². The quantitative estimate of drug-likeness (QED) is 0.368. The normalized spacial score (nSPS) is 17.5. The summed E-state index contributed by atoms with van der Waals surface area (Å²) < 4.78 is 5.75. The Morgan fingerprint density at radius 2 is 1.76 bits per heavy atom. The number of rotatable bonds is 6. The van der Waals surface area contributed by atoms with Gasteiger partial charge in [0.25, 0.3) is 0 Å². The second-order valence-corrected chi connectivity index (χ2v) is 6.31. The van der Waals surface area contributed by atoms with Crippen molar-refractivity contribution in [1.82, 2.24) is 0 Å². The molecular weight excluding hydrogens is 282 g/mol. The summed E-state index contributed by atoms with van der Waals surface area (Å²) in [7, 11) is 0. The number of benzene rings is 2. The van der Waals surface area contributed by atoms with Crippen LogP contribution in [0.25, 0.3) is 0 Å². The van der Waals surface area contributed by atoms with E-state index in [4.69, 9.17) is 9.94 Å². The van der Waals surface area contributed by atoms with Gasteiger partial charge < -0.3 is 9.94 Å². The maximum Gasteiger partial charge on any atom is 0.127 e. The van der Waals surface area contributed by atoms with E-state index in [0.717, 1.165) is 40.9 Å². The van der Waals surface area contributed by atoms with Gasteiger partial charge in [-0.05, 0) is 54.8 Å². The van der Waals surface area contributed by atoms with Gasteiger partial charge in [0.1, 0.15) is 11.5 Å². The second-order valence-electron chi connectivity index (χ2n) is 4.98. The standard InChI is InChI=1S/C17H17NO2S/c19-18-17(11-10-16-12-21-16)13-6-8-15(9-7-13)20-14-4-2-1-3-5-14/h1-9,16,19H,10-12H2/b18-17+. The lowest BCUT2D eigenvalue weighted by molar-refractivity contribution is 0.318. The summed E-state index contributed by atoms with van der Waals surface area (Å²) in [4.78, 5) is 0. The van der Waals surface area contributed by atoms with E-state index < -0.39 is 0 Å². The van der Waals surface area contributed by atoms with Crippen molar-refractivity contribution in [3.05, 3.63) is 60.2 Å². The monoisotopic (exact) mass is 299 g/mol. The molecule has 0 amide bonds. The maximum absolute atomic E-state index is 9.17.